The van der Waals surface area contributed by atoms with Gasteiger partial charge in [-0.05, 0) is 18.6 Å². The number of halogens is 2. The maximum absolute atomic E-state index is 13.4. The van der Waals surface area contributed by atoms with E-state index in [1.807, 2.05) is 6.92 Å². The van der Waals surface area contributed by atoms with E-state index in [2.05, 4.69) is 4.98 Å². The van der Waals surface area contributed by atoms with E-state index < -0.39 is 11.6 Å². The molecule has 2 rings (SSSR count). The van der Waals surface area contributed by atoms with Crippen molar-refractivity contribution in [3.05, 3.63) is 41.1 Å². The summed E-state index contributed by atoms with van der Waals surface area (Å²) in [6.45, 7) is 1.86. The quantitative estimate of drug-likeness (QED) is 0.868. The maximum atomic E-state index is 13.4. The number of thiazole rings is 1. The molecule has 90 valence electrons. The number of aryl methyl sites for hydroxylation is 1. The Morgan fingerprint density at radius 3 is 2.76 bits per heavy atom. The standard InChI is InChI=1S/C11H10F2N2S2/c1-6-10(17-11(14)15-6)16-5-7-2-3-8(12)4-9(7)13/h2-4H,5H2,1H3,(H2,14,15). The third-order valence-corrected chi connectivity index (χ3v) is 4.54. The lowest BCUT2D eigenvalue weighted by molar-refractivity contribution is 0.576. The number of thioether (sulfide) groups is 1. The smallest absolute Gasteiger partial charge is 0.181 e. The van der Waals surface area contributed by atoms with Gasteiger partial charge in [-0.3, -0.25) is 0 Å². The molecule has 6 heteroatoms. The van der Waals surface area contributed by atoms with Crippen molar-refractivity contribution in [3.63, 3.8) is 0 Å². The van der Waals surface area contributed by atoms with Gasteiger partial charge < -0.3 is 5.73 Å². The van der Waals surface area contributed by atoms with Crippen molar-refractivity contribution in [1.82, 2.24) is 4.98 Å². The van der Waals surface area contributed by atoms with Crippen LogP contribution in [0.1, 0.15) is 11.3 Å². The van der Waals surface area contributed by atoms with E-state index in [0.717, 1.165) is 16.0 Å². The molecule has 0 amide bonds. The fourth-order valence-corrected chi connectivity index (χ4v) is 3.33. The van der Waals surface area contributed by atoms with Gasteiger partial charge in [0.25, 0.3) is 0 Å². The first kappa shape index (κ1) is 12.3. The van der Waals surface area contributed by atoms with Crippen LogP contribution in [0.2, 0.25) is 0 Å². The number of nitrogens with two attached hydrogens (primary N) is 1. The average molecular weight is 272 g/mol. The highest BCUT2D eigenvalue weighted by molar-refractivity contribution is 8.00. The number of nitrogens with zero attached hydrogens (tertiary/aromatic N) is 1. The lowest BCUT2D eigenvalue weighted by Crippen LogP contribution is -1.88. The van der Waals surface area contributed by atoms with Gasteiger partial charge in [-0.25, -0.2) is 13.8 Å². The molecule has 2 N–H and O–H groups in total. The molecular formula is C11H10F2N2S2. The van der Waals surface area contributed by atoms with Crippen molar-refractivity contribution in [2.45, 2.75) is 16.9 Å². The Hall–Kier alpha value is -1.14. The van der Waals surface area contributed by atoms with Crippen LogP contribution in [0.4, 0.5) is 13.9 Å². The molecule has 0 aliphatic carbocycles. The molecule has 2 nitrogen and oxygen atoms in total. The SMILES string of the molecule is Cc1nc(N)sc1SCc1ccc(F)cc1F. The third-order valence-electron chi connectivity index (χ3n) is 2.14. The zero-order chi connectivity index (χ0) is 12.4. The first-order valence-electron chi connectivity index (χ1n) is 4.86. The summed E-state index contributed by atoms with van der Waals surface area (Å²) in [5.41, 5.74) is 6.89. The highest BCUT2D eigenvalue weighted by atomic mass is 32.2. The summed E-state index contributed by atoms with van der Waals surface area (Å²) in [6.07, 6.45) is 0. The average Bonchev–Trinajstić information content (AvgIpc) is 2.56. The lowest BCUT2D eigenvalue weighted by atomic mass is 10.2. The summed E-state index contributed by atoms with van der Waals surface area (Å²) in [5, 5.41) is 0.504. The number of benzene rings is 1. The van der Waals surface area contributed by atoms with Gasteiger partial charge in [0.1, 0.15) is 11.6 Å². The van der Waals surface area contributed by atoms with Crippen LogP contribution in [0, 0.1) is 18.6 Å². The van der Waals surface area contributed by atoms with Crippen molar-refractivity contribution in [2.24, 2.45) is 0 Å². The Morgan fingerprint density at radius 1 is 1.41 bits per heavy atom. The van der Waals surface area contributed by atoms with Gasteiger partial charge in [0.2, 0.25) is 0 Å². The predicted octanol–water partition coefficient (Wildman–Crippen LogP) is 3.60. The van der Waals surface area contributed by atoms with Crippen molar-refractivity contribution >= 4 is 28.2 Å². The van der Waals surface area contributed by atoms with Crippen LogP contribution in [-0.2, 0) is 5.75 Å². The zero-order valence-corrected chi connectivity index (χ0v) is 10.7. The molecule has 0 unspecified atom stereocenters. The van der Waals surface area contributed by atoms with Crippen LogP contribution in [0.25, 0.3) is 0 Å². The molecule has 1 aromatic heterocycles. The van der Waals surface area contributed by atoms with Gasteiger partial charge in [-0.15, -0.1) is 11.8 Å². The Labute approximate surface area is 106 Å². The first-order valence-corrected chi connectivity index (χ1v) is 6.66. The van der Waals surface area contributed by atoms with E-state index in [-0.39, 0.29) is 0 Å². The van der Waals surface area contributed by atoms with Gasteiger partial charge in [0.05, 0.1) is 9.90 Å². The largest absolute Gasteiger partial charge is 0.375 e. The minimum Gasteiger partial charge on any atom is -0.375 e. The molecule has 0 aliphatic heterocycles. The van der Waals surface area contributed by atoms with E-state index in [1.54, 1.807) is 0 Å². The molecule has 1 heterocycles. The van der Waals surface area contributed by atoms with Gasteiger partial charge in [-0.2, -0.15) is 0 Å². The highest BCUT2D eigenvalue weighted by Crippen LogP contribution is 2.33. The lowest BCUT2D eigenvalue weighted by Gasteiger charge is -2.02. The molecule has 0 fully saturated rings. The molecule has 0 saturated heterocycles. The fourth-order valence-electron chi connectivity index (χ4n) is 1.32. The molecule has 0 spiro atoms. The second-order valence-corrected chi connectivity index (χ2v) is 5.72. The number of hydrogen-bond acceptors (Lipinski definition) is 4. The topological polar surface area (TPSA) is 38.9 Å². The highest BCUT2D eigenvalue weighted by Gasteiger charge is 2.09. The van der Waals surface area contributed by atoms with Crippen LogP contribution in [0.3, 0.4) is 0 Å². The summed E-state index contributed by atoms with van der Waals surface area (Å²) in [5.74, 6) is -0.642. The van der Waals surface area contributed by atoms with Gasteiger partial charge in [0, 0.05) is 11.8 Å². The summed E-state index contributed by atoms with van der Waals surface area (Å²) >= 11 is 2.83. The fraction of sp³-hybridized carbons (Fsp3) is 0.182. The monoisotopic (exact) mass is 272 g/mol. The van der Waals surface area contributed by atoms with Crippen molar-refractivity contribution < 1.29 is 8.78 Å². The van der Waals surface area contributed by atoms with Crippen LogP contribution in [0.5, 0.6) is 0 Å². The van der Waals surface area contributed by atoms with Crippen LogP contribution in [0.15, 0.2) is 22.4 Å². The molecule has 0 saturated carbocycles. The Kier molecular flexibility index (Phi) is 3.63. The first-order chi connectivity index (χ1) is 8.06. The predicted molar refractivity (Wildman–Crippen MR) is 67.2 cm³/mol. The van der Waals surface area contributed by atoms with E-state index in [9.17, 15) is 8.78 Å². The van der Waals surface area contributed by atoms with E-state index in [0.29, 0.717) is 16.4 Å². The molecule has 0 aliphatic rings. The summed E-state index contributed by atoms with van der Waals surface area (Å²) in [7, 11) is 0. The number of rotatable bonds is 3. The van der Waals surface area contributed by atoms with Crippen molar-refractivity contribution in [1.29, 1.82) is 0 Å². The Morgan fingerprint density at radius 2 is 2.18 bits per heavy atom. The molecule has 0 bridgehead atoms. The van der Waals surface area contributed by atoms with Gasteiger partial charge in [-0.1, -0.05) is 17.4 Å². The minimum atomic E-state index is -0.561. The molecule has 0 atom stereocenters. The van der Waals surface area contributed by atoms with Crippen LogP contribution >= 0.6 is 23.1 Å². The molecule has 0 radical (unpaired) electrons. The van der Waals surface area contributed by atoms with E-state index >= 15 is 0 Å². The van der Waals surface area contributed by atoms with Crippen molar-refractivity contribution in [3.8, 4) is 0 Å². The summed E-state index contributed by atoms with van der Waals surface area (Å²) in [6, 6.07) is 3.61. The third kappa shape index (κ3) is 2.95. The van der Waals surface area contributed by atoms with Crippen LogP contribution < -0.4 is 5.73 Å². The van der Waals surface area contributed by atoms with Gasteiger partial charge >= 0.3 is 0 Å². The molecule has 17 heavy (non-hydrogen) atoms. The maximum Gasteiger partial charge on any atom is 0.181 e. The zero-order valence-electron chi connectivity index (χ0n) is 9.04. The summed E-state index contributed by atoms with van der Waals surface area (Å²) < 4.78 is 27.0. The number of hydrogen-bond donors (Lipinski definition) is 1. The number of nitrogen functional groups attached to an aromatic ring is 1. The number of anilines is 1. The normalized spacial score (nSPS) is 10.8. The van der Waals surface area contributed by atoms with Crippen LogP contribution in [-0.4, -0.2) is 4.98 Å². The number of aromatic nitrogens is 1. The van der Waals surface area contributed by atoms with E-state index in [4.69, 9.17) is 5.73 Å². The van der Waals surface area contributed by atoms with Crippen molar-refractivity contribution in [2.75, 3.05) is 5.73 Å². The second-order valence-electron chi connectivity index (χ2n) is 3.45. The second kappa shape index (κ2) is 5.01. The molecular weight excluding hydrogens is 262 g/mol. The molecule has 2 aromatic rings. The minimum absolute atomic E-state index is 0.439. The van der Waals surface area contributed by atoms with Gasteiger partial charge in [0.15, 0.2) is 5.13 Å². The Balaban J connectivity index is 2.10. The Bertz CT molecular complexity index is 540. The summed E-state index contributed by atoms with van der Waals surface area (Å²) in [4.78, 5) is 4.08. The molecule has 1 aromatic carbocycles. The van der Waals surface area contributed by atoms with E-state index in [1.165, 1.54) is 35.2 Å².